The molecule has 0 N–H and O–H groups in total. The first-order valence-corrected chi connectivity index (χ1v) is 10.6. The smallest absolute Gasteiger partial charge is 0.257 e. The van der Waals surface area contributed by atoms with E-state index >= 15 is 0 Å². The van der Waals surface area contributed by atoms with Crippen LogP contribution in [0.2, 0.25) is 0 Å². The molecule has 0 aliphatic carbocycles. The van der Waals surface area contributed by atoms with Gasteiger partial charge in [0, 0.05) is 49.9 Å². The van der Waals surface area contributed by atoms with Crippen LogP contribution in [0.15, 0.2) is 53.1 Å². The Bertz CT molecular complexity index is 993. The van der Waals surface area contributed by atoms with Gasteiger partial charge in [-0.2, -0.15) is 4.98 Å². The largest absolute Gasteiger partial charge is 0.378 e. The fourth-order valence-corrected chi connectivity index (χ4v) is 3.77. The molecule has 156 valence electrons. The number of rotatable bonds is 7. The quantitative estimate of drug-likeness (QED) is 0.573. The zero-order chi connectivity index (χ0) is 21.1. The Kier molecular flexibility index (Phi) is 5.84. The Morgan fingerprint density at radius 2 is 1.83 bits per heavy atom. The van der Waals surface area contributed by atoms with Gasteiger partial charge < -0.3 is 14.3 Å². The van der Waals surface area contributed by atoms with Gasteiger partial charge in [0.05, 0.1) is 0 Å². The van der Waals surface area contributed by atoms with Crippen LogP contribution in [0, 0.1) is 0 Å². The van der Waals surface area contributed by atoms with Crippen molar-refractivity contribution in [1.82, 2.24) is 10.1 Å². The molecule has 1 fully saturated rings. The van der Waals surface area contributed by atoms with E-state index in [1.165, 1.54) is 18.4 Å². The topological polar surface area (TPSA) is 62.5 Å². The Balaban J connectivity index is 1.45. The van der Waals surface area contributed by atoms with Crippen LogP contribution < -0.4 is 9.80 Å². The number of hydrogen-bond acceptors (Lipinski definition) is 5. The minimum absolute atomic E-state index is 0.0594. The Morgan fingerprint density at radius 3 is 2.50 bits per heavy atom. The van der Waals surface area contributed by atoms with Crippen LogP contribution >= 0.6 is 0 Å². The second-order valence-electron chi connectivity index (χ2n) is 8.07. The van der Waals surface area contributed by atoms with Gasteiger partial charge in [0.1, 0.15) is 0 Å². The fraction of sp³-hybridized carbons (Fsp3) is 0.375. The summed E-state index contributed by atoms with van der Waals surface area (Å²) < 4.78 is 5.49. The molecule has 1 aromatic heterocycles. The van der Waals surface area contributed by atoms with Crippen LogP contribution in [0.25, 0.3) is 11.5 Å². The zero-order valence-corrected chi connectivity index (χ0v) is 17.8. The molecular formula is C24H28N4O2. The molecule has 1 aliphatic heterocycles. The molecule has 2 aromatic carbocycles. The van der Waals surface area contributed by atoms with E-state index in [4.69, 9.17) is 4.52 Å². The second-order valence-corrected chi connectivity index (χ2v) is 8.07. The summed E-state index contributed by atoms with van der Waals surface area (Å²) in [5, 5.41) is 4.17. The van der Waals surface area contributed by atoms with Crippen molar-refractivity contribution >= 4 is 17.3 Å². The van der Waals surface area contributed by atoms with Gasteiger partial charge >= 0.3 is 0 Å². The number of unbranched alkanes of at least 4 members (excludes halogenated alkanes) is 1. The number of carbonyl (C=O) groups excluding carboxylic acids is 1. The van der Waals surface area contributed by atoms with Crippen LogP contribution in [0.5, 0.6) is 0 Å². The molecule has 0 radical (unpaired) electrons. The van der Waals surface area contributed by atoms with E-state index in [0.717, 1.165) is 23.4 Å². The van der Waals surface area contributed by atoms with E-state index in [-0.39, 0.29) is 11.8 Å². The van der Waals surface area contributed by atoms with Crippen LogP contribution in [-0.2, 0) is 11.2 Å². The van der Waals surface area contributed by atoms with E-state index in [9.17, 15) is 4.79 Å². The summed E-state index contributed by atoms with van der Waals surface area (Å²) >= 11 is 0. The van der Waals surface area contributed by atoms with E-state index in [2.05, 4.69) is 29.2 Å². The molecule has 1 aliphatic rings. The summed E-state index contributed by atoms with van der Waals surface area (Å²) in [6.45, 7) is 2.77. The Morgan fingerprint density at radius 1 is 1.10 bits per heavy atom. The van der Waals surface area contributed by atoms with E-state index in [0.29, 0.717) is 24.7 Å². The van der Waals surface area contributed by atoms with Crippen molar-refractivity contribution in [2.24, 2.45) is 0 Å². The summed E-state index contributed by atoms with van der Waals surface area (Å²) in [5.74, 6) is 1.12. The minimum Gasteiger partial charge on any atom is -0.378 e. The zero-order valence-electron chi connectivity index (χ0n) is 17.8. The lowest BCUT2D eigenvalue weighted by Gasteiger charge is -2.16. The number of aromatic nitrogens is 2. The third kappa shape index (κ3) is 4.22. The van der Waals surface area contributed by atoms with Crippen molar-refractivity contribution in [2.45, 2.75) is 38.5 Å². The second kappa shape index (κ2) is 8.69. The number of amides is 1. The van der Waals surface area contributed by atoms with Gasteiger partial charge in [0.25, 0.3) is 5.89 Å². The van der Waals surface area contributed by atoms with Crippen molar-refractivity contribution in [3.63, 3.8) is 0 Å². The normalized spacial score (nSPS) is 16.3. The lowest BCUT2D eigenvalue weighted by molar-refractivity contribution is -0.117. The molecule has 6 heteroatoms. The molecule has 0 saturated carbocycles. The fourth-order valence-electron chi connectivity index (χ4n) is 3.77. The van der Waals surface area contributed by atoms with Crippen molar-refractivity contribution in [1.29, 1.82) is 0 Å². The maximum atomic E-state index is 12.6. The van der Waals surface area contributed by atoms with Gasteiger partial charge in [0.2, 0.25) is 5.91 Å². The van der Waals surface area contributed by atoms with E-state index in [1.54, 1.807) is 0 Å². The number of aryl methyl sites for hydroxylation is 1. The standard InChI is InChI=1S/C24H28N4O2/c1-4-5-6-17-7-11-21(12-8-17)28-16-19(15-22(28)29)23-25-24(30-26-23)18-9-13-20(14-10-18)27(2)3/h7-14,19H,4-6,15-16H2,1-3H3. The Labute approximate surface area is 177 Å². The van der Waals surface area contributed by atoms with Crippen molar-refractivity contribution in [3.8, 4) is 11.5 Å². The number of carbonyl (C=O) groups is 1. The first-order chi connectivity index (χ1) is 14.5. The summed E-state index contributed by atoms with van der Waals surface area (Å²) in [6.07, 6.45) is 3.84. The molecule has 1 atom stereocenters. The maximum Gasteiger partial charge on any atom is 0.257 e. The molecule has 4 rings (SSSR count). The third-order valence-corrected chi connectivity index (χ3v) is 5.63. The molecule has 0 spiro atoms. The molecule has 1 unspecified atom stereocenters. The average molecular weight is 405 g/mol. The predicted octanol–water partition coefficient (Wildman–Crippen LogP) is 4.67. The van der Waals surface area contributed by atoms with Gasteiger partial charge in [0.15, 0.2) is 5.82 Å². The first-order valence-electron chi connectivity index (χ1n) is 10.6. The van der Waals surface area contributed by atoms with Crippen LogP contribution in [0.1, 0.15) is 43.5 Å². The number of nitrogens with zero attached hydrogens (tertiary/aromatic N) is 4. The highest BCUT2D eigenvalue weighted by Gasteiger charge is 2.34. The molecule has 2 heterocycles. The summed E-state index contributed by atoms with van der Waals surface area (Å²) in [6, 6.07) is 16.3. The number of benzene rings is 2. The van der Waals surface area contributed by atoms with Crippen LogP contribution in [0.4, 0.5) is 11.4 Å². The van der Waals surface area contributed by atoms with Gasteiger partial charge in [-0.05, 0) is 54.8 Å². The predicted molar refractivity (Wildman–Crippen MR) is 119 cm³/mol. The lowest BCUT2D eigenvalue weighted by atomic mass is 10.1. The monoisotopic (exact) mass is 404 g/mol. The lowest BCUT2D eigenvalue weighted by Crippen LogP contribution is -2.24. The molecular weight excluding hydrogens is 376 g/mol. The third-order valence-electron chi connectivity index (χ3n) is 5.63. The molecule has 1 amide bonds. The molecule has 3 aromatic rings. The molecule has 30 heavy (non-hydrogen) atoms. The Hall–Kier alpha value is -3.15. The van der Waals surface area contributed by atoms with Crippen LogP contribution in [-0.4, -0.2) is 36.7 Å². The maximum absolute atomic E-state index is 12.6. The van der Waals surface area contributed by atoms with Gasteiger partial charge in [-0.25, -0.2) is 0 Å². The highest BCUT2D eigenvalue weighted by Crippen LogP contribution is 2.32. The molecule has 1 saturated heterocycles. The first kappa shape index (κ1) is 20.1. The number of hydrogen-bond donors (Lipinski definition) is 0. The van der Waals surface area contributed by atoms with Crippen molar-refractivity contribution in [2.75, 3.05) is 30.4 Å². The molecule has 6 nitrogen and oxygen atoms in total. The van der Waals surface area contributed by atoms with Crippen molar-refractivity contribution < 1.29 is 9.32 Å². The van der Waals surface area contributed by atoms with E-state index < -0.39 is 0 Å². The summed E-state index contributed by atoms with van der Waals surface area (Å²) in [7, 11) is 4.00. The average Bonchev–Trinajstić information content (AvgIpc) is 3.40. The molecule has 0 bridgehead atoms. The highest BCUT2D eigenvalue weighted by molar-refractivity contribution is 5.96. The van der Waals surface area contributed by atoms with Crippen molar-refractivity contribution in [3.05, 3.63) is 59.9 Å². The van der Waals surface area contributed by atoms with Gasteiger partial charge in [-0.1, -0.05) is 30.6 Å². The minimum atomic E-state index is -0.0594. The van der Waals surface area contributed by atoms with Gasteiger partial charge in [-0.3, -0.25) is 4.79 Å². The SMILES string of the molecule is CCCCc1ccc(N2CC(c3noc(-c4ccc(N(C)C)cc4)n3)CC2=O)cc1. The van der Waals surface area contributed by atoms with E-state index in [1.807, 2.05) is 60.3 Å². The van der Waals surface area contributed by atoms with Crippen LogP contribution in [0.3, 0.4) is 0 Å². The number of anilines is 2. The summed E-state index contributed by atoms with van der Waals surface area (Å²) in [5.41, 5.74) is 4.23. The van der Waals surface area contributed by atoms with Gasteiger partial charge in [-0.15, -0.1) is 0 Å². The highest BCUT2D eigenvalue weighted by atomic mass is 16.5. The summed E-state index contributed by atoms with van der Waals surface area (Å²) in [4.78, 5) is 21.1.